The summed E-state index contributed by atoms with van der Waals surface area (Å²) in [4.78, 5) is 21.0. The molecular weight excluding hydrogens is 398 g/mol. The number of nitrogens with zero attached hydrogens (tertiary/aromatic N) is 3. The second-order valence-electron chi connectivity index (χ2n) is 8.49. The molecule has 0 fully saturated rings. The molecule has 0 saturated carbocycles. The zero-order chi connectivity index (χ0) is 22.8. The van der Waals surface area contributed by atoms with Crippen molar-refractivity contribution in [2.75, 3.05) is 46.8 Å². The van der Waals surface area contributed by atoms with Gasteiger partial charge in [-0.05, 0) is 55.0 Å². The van der Waals surface area contributed by atoms with E-state index in [1.54, 1.807) is 19.0 Å². The lowest BCUT2D eigenvalue weighted by Gasteiger charge is -2.28. The maximum absolute atomic E-state index is 12.2. The number of fused-ring (bicyclic) bond motifs is 1. The van der Waals surface area contributed by atoms with Crippen LogP contribution in [0.5, 0.6) is 0 Å². The van der Waals surface area contributed by atoms with E-state index in [1.165, 1.54) is 11.1 Å². The molecule has 172 valence electrons. The summed E-state index contributed by atoms with van der Waals surface area (Å²) < 4.78 is 0. The molecule has 6 heteroatoms. The number of nitrogens with one attached hydrogen (secondary N) is 2. The molecule has 0 radical (unpaired) electrons. The van der Waals surface area contributed by atoms with E-state index in [2.05, 4.69) is 52.8 Å². The first kappa shape index (κ1) is 23.8. The van der Waals surface area contributed by atoms with Gasteiger partial charge >= 0.3 is 0 Å². The van der Waals surface area contributed by atoms with Crippen molar-refractivity contribution in [2.45, 2.75) is 32.7 Å². The molecule has 2 aromatic carbocycles. The molecule has 0 atom stereocenters. The summed E-state index contributed by atoms with van der Waals surface area (Å²) in [7, 11) is 3.56. The highest BCUT2D eigenvalue weighted by atomic mass is 16.2. The summed E-state index contributed by atoms with van der Waals surface area (Å²) in [5.41, 5.74) is 4.84. The Hall–Kier alpha value is -2.86. The molecule has 2 N–H and O–H groups in total. The fourth-order valence-corrected chi connectivity index (χ4v) is 4.02. The molecule has 1 heterocycles. The minimum absolute atomic E-state index is 0.0342. The summed E-state index contributed by atoms with van der Waals surface area (Å²) in [6.45, 7) is 7.75. The predicted octanol–water partition coefficient (Wildman–Crippen LogP) is 2.93. The van der Waals surface area contributed by atoms with Gasteiger partial charge in [-0.2, -0.15) is 0 Å². The fraction of sp³-hybridized carbons (Fsp3) is 0.462. The Morgan fingerprint density at radius 2 is 1.91 bits per heavy atom. The number of guanidine groups is 1. The van der Waals surface area contributed by atoms with Crippen molar-refractivity contribution >= 4 is 11.9 Å². The van der Waals surface area contributed by atoms with Crippen LogP contribution in [0.25, 0.3) is 0 Å². The molecule has 1 aliphatic rings. The topological polar surface area (TPSA) is 60.0 Å². The highest BCUT2D eigenvalue weighted by Crippen LogP contribution is 2.18. The fourth-order valence-electron chi connectivity index (χ4n) is 4.02. The predicted molar refractivity (Wildman–Crippen MR) is 132 cm³/mol. The lowest BCUT2D eigenvalue weighted by Crippen LogP contribution is -2.38. The Morgan fingerprint density at radius 1 is 1.09 bits per heavy atom. The maximum Gasteiger partial charge on any atom is 0.253 e. The smallest absolute Gasteiger partial charge is 0.253 e. The Kier molecular flexibility index (Phi) is 9.11. The van der Waals surface area contributed by atoms with Crippen molar-refractivity contribution in [3.05, 3.63) is 70.8 Å². The van der Waals surface area contributed by atoms with Crippen LogP contribution in [0.15, 0.2) is 53.5 Å². The Labute approximate surface area is 192 Å². The zero-order valence-corrected chi connectivity index (χ0v) is 19.7. The molecule has 0 aliphatic carbocycles. The molecule has 1 amide bonds. The number of hydrogen-bond donors (Lipinski definition) is 2. The van der Waals surface area contributed by atoms with E-state index in [-0.39, 0.29) is 5.91 Å². The van der Waals surface area contributed by atoms with Crippen molar-refractivity contribution in [2.24, 2.45) is 4.99 Å². The van der Waals surface area contributed by atoms with Crippen molar-refractivity contribution in [1.29, 1.82) is 0 Å². The van der Waals surface area contributed by atoms with Gasteiger partial charge in [-0.3, -0.25) is 14.7 Å². The van der Waals surface area contributed by atoms with Gasteiger partial charge in [0.2, 0.25) is 0 Å². The van der Waals surface area contributed by atoms with Crippen LogP contribution in [0, 0.1) is 0 Å². The Balaban J connectivity index is 1.42. The average Bonchev–Trinajstić information content (AvgIpc) is 2.81. The summed E-state index contributed by atoms with van der Waals surface area (Å²) in [6.07, 6.45) is 3.03. The van der Waals surface area contributed by atoms with Crippen LogP contribution < -0.4 is 10.6 Å². The molecule has 1 aliphatic heterocycles. The standard InChI is InChI=1S/C26H37N5O/c1-4-27-26(29-16-13-21-9-7-12-23(19-21)25(32)30(2)3)28-15-8-17-31-18-14-22-10-5-6-11-24(22)20-31/h5-7,9-12,19H,4,8,13-18,20H2,1-3H3,(H2,27,28,29). The minimum Gasteiger partial charge on any atom is -0.357 e. The number of aliphatic imine (C=N–C) groups is 1. The van der Waals surface area contributed by atoms with Crippen molar-refractivity contribution in [3.8, 4) is 0 Å². The third-order valence-corrected chi connectivity index (χ3v) is 5.74. The highest BCUT2D eigenvalue weighted by Gasteiger charge is 2.14. The van der Waals surface area contributed by atoms with Crippen LogP contribution in [0.3, 0.4) is 0 Å². The number of carbonyl (C=O) groups excluding carboxylic acids is 1. The van der Waals surface area contributed by atoms with Crippen LogP contribution in [0.4, 0.5) is 0 Å². The van der Waals surface area contributed by atoms with Crippen LogP contribution >= 0.6 is 0 Å². The van der Waals surface area contributed by atoms with Crippen LogP contribution in [0.1, 0.15) is 40.4 Å². The van der Waals surface area contributed by atoms with Gasteiger partial charge in [0.25, 0.3) is 5.91 Å². The molecule has 0 saturated heterocycles. The quantitative estimate of drug-likeness (QED) is 0.361. The van der Waals surface area contributed by atoms with Crippen molar-refractivity contribution in [3.63, 3.8) is 0 Å². The van der Waals surface area contributed by atoms with Gasteiger partial charge in [-0.15, -0.1) is 0 Å². The molecule has 0 bridgehead atoms. The molecule has 32 heavy (non-hydrogen) atoms. The third kappa shape index (κ3) is 7.09. The van der Waals surface area contributed by atoms with E-state index < -0.39 is 0 Å². The first-order valence-electron chi connectivity index (χ1n) is 11.7. The molecule has 2 aromatic rings. The largest absolute Gasteiger partial charge is 0.357 e. The monoisotopic (exact) mass is 435 g/mol. The maximum atomic E-state index is 12.2. The van der Waals surface area contributed by atoms with Gasteiger partial charge in [0.15, 0.2) is 5.96 Å². The Bertz CT molecular complexity index is 909. The minimum atomic E-state index is 0.0342. The molecule has 3 rings (SSSR count). The molecule has 0 spiro atoms. The lowest BCUT2D eigenvalue weighted by atomic mass is 10.00. The first-order valence-corrected chi connectivity index (χ1v) is 11.7. The van der Waals surface area contributed by atoms with Gasteiger partial charge in [-0.1, -0.05) is 36.4 Å². The first-order chi connectivity index (χ1) is 15.6. The number of carbonyl (C=O) groups is 1. The molecular formula is C26H37N5O. The second kappa shape index (κ2) is 12.2. The van der Waals surface area contributed by atoms with Gasteiger partial charge in [0, 0.05) is 58.9 Å². The van der Waals surface area contributed by atoms with Crippen molar-refractivity contribution in [1.82, 2.24) is 20.4 Å². The van der Waals surface area contributed by atoms with E-state index in [1.807, 2.05) is 18.2 Å². The molecule has 0 aromatic heterocycles. The van der Waals surface area contributed by atoms with Gasteiger partial charge < -0.3 is 15.5 Å². The lowest BCUT2D eigenvalue weighted by molar-refractivity contribution is 0.0827. The van der Waals surface area contributed by atoms with E-state index >= 15 is 0 Å². The van der Waals surface area contributed by atoms with Crippen LogP contribution in [0.2, 0.25) is 0 Å². The van der Waals surface area contributed by atoms with E-state index in [9.17, 15) is 4.79 Å². The Morgan fingerprint density at radius 3 is 2.69 bits per heavy atom. The summed E-state index contributed by atoms with van der Waals surface area (Å²) in [6, 6.07) is 16.6. The number of rotatable bonds is 9. The zero-order valence-electron chi connectivity index (χ0n) is 19.7. The van der Waals surface area contributed by atoms with E-state index in [4.69, 9.17) is 4.99 Å². The molecule has 6 nitrogen and oxygen atoms in total. The summed E-state index contributed by atoms with van der Waals surface area (Å²) in [5, 5.41) is 6.75. The number of hydrogen-bond acceptors (Lipinski definition) is 3. The summed E-state index contributed by atoms with van der Waals surface area (Å²) in [5.74, 6) is 0.893. The van der Waals surface area contributed by atoms with E-state index in [0.29, 0.717) is 0 Å². The van der Waals surface area contributed by atoms with Gasteiger partial charge in [0.1, 0.15) is 0 Å². The summed E-state index contributed by atoms with van der Waals surface area (Å²) >= 11 is 0. The van der Waals surface area contributed by atoms with Gasteiger partial charge in [0.05, 0.1) is 0 Å². The molecule has 0 unspecified atom stereocenters. The van der Waals surface area contributed by atoms with Crippen LogP contribution in [-0.2, 0) is 19.4 Å². The number of amides is 1. The average molecular weight is 436 g/mol. The second-order valence-corrected chi connectivity index (χ2v) is 8.49. The number of benzene rings is 2. The van der Waals surface area contributed by atoms with Crippen molar-refractivity contribution < 1.29 is 4.79 Å². The third-order valence-electron chi connectivity index (χ3n) is 5.74. The normalized spacial score (nSPS) is 14.0. The van der Waals surface area contributed by atoms with Crippen LogP contribution in [-0.4, -0.2) is 68.5 Å². The van der Waals surface area contributed by atoms with E-state index in [0.717, 1.165) is 75.6 Å². The highest BCUT2D eigenvalue weighted by molar-refractivity contribution is 5.94. The SMILES string of the molecule is CCNC(=NCCCN1CCc2ccccc2C1)NCCc1cccc(C(=O)N(C)C)c1. The van der Waals surface area contributed by atoms with Gasteiger partial charge in [-0.25, -0.2) is 0 Å².